The summed E-state index contributed by atoms with van der Waals surface area (Å²) < 4.78 is 9.89. The Hall–Kier alpha value is -1.32. The van der Waals surface area contributed by atoms with Crippen molar-refractivity contribution in [2.45, 2.75) is 39.4 Å². The van der Waals surface area contributed by atoms with Crippen molar-refractivity contribution in [3.05, 3.63) is 12.7 Å². The summed E-state index contributed by atoms with van der Waals surface area (Å²) in [4.78, 5) is 21.4. The molecule has 0 rings (SSSR count). The molecule has 0 bridgehead atoms. The van der Waals surface area contributed by atoms with Crippen LogP contribution in [-0.2, 0) is 19.1 Å². The van der Waals surface area contributed by atoms with E-state index in [4.69, 9.17) is 9.47 Å². The van der Waals surface area contributed by atoms with E-state index in [9.17, 15) is 9.59 Å². The molecule has 0 aliphatic heterocycles. The standard InChI is InChI=1S/C10H16O4/c1-5-9(13-7(3)11)10(6-2)14-8(4)12/h5,9-10H,1,6H2,2-4H3/t9-,10-/m1/s1. The molecule has 0 aliphatic carbocycles. The molecule has 4 heteroatoms. The maximum absolute atomic E-state index is 10.7. The highest BCUT2D eigenvalue weighted by molar-refractivity contribution is 5.67. The third-order valence-electron chi connectivity index (χ3n) is 1.62. The zero-order valence-electron chi connectivity index (χ0n) is 8.78. The molecular formula is C10H16O4. The van der Waals surface area contributed by atoms with Crippen LogP contribution in [0.1, 0.15) is 27.2 Å². The average molecular weight is 200 g/mol. The van der Waals surface area contributed by atoms with Crippen LogP contribution in [0.3, 0.4) is 0 Å². The number of rotatable bonds is 5. The highest BCUT2D eigenvalue weighted by Crippen LogP contribution is 2.10. The zero-order chi connectivity index (χ0) is 11.1. The van der Waals surface area contributed by atoms with E-state index >= 15 is 0 Å². The number of hydrogen-bond acceptors (Lipinski definition) is 4. The Morgan fingerprint density at radius 2 is 1.79 bits per heavy atom. The highest BCUT2D eigenvalue weighted by atomic mass is 16.6. The van der Waals surface area contributed by atoms with Crippen molar-refractivity contribution in [3.8, 4) is 0 Å². The molecule has 0 aromatic heterocycles. The molecule has 14 heavy (non-hydrogen) atoms. The molecule has 0 saturated carbocycles. The fraction of sp³-hybridized carbons (Fsp3) is 0.600. The van der Waals surface area contributed by atoms with Gasteiger partial charge in [-0.3, -0.25) is 9.59 Å². The second-order valence-corrected chi connectivity index (χ2v) is 2.87. The van der Waals surface area contributed by atoms with Crippen LogP contribution < -0.4 is 0 Å². The largest absolute Gasteiger partial charge is 0.458 e. The Labute approximate surface area is 83.9 Å². The minimum Gasteiger partial charge on any atom is -0.458 e. The van der Waals surface area contributed by atoms with Crippen molar-refractivity contribution in [3.63, 3.8) is 0 Å². The molecule has 0 fully saturated rings. The third kappa shape index (κ3) is 4.64. The second kappa shape index (κ2) is 6.18. The van der Waals surface area contributed by atoms with Crippen molar-refractivity contribution in [2.75, 3.05) is 0 Å². The molecule has 0 unspecified atom stereocenters. The molecule has 0 amide bonds. The predicted molar refractivity (Wildman–Crippen MR) is 51.6 cm³/mol. The molecule has 0 aromatic rings. The van der Waals surface area contributed by atoms with Gasteiger partial charge < -0.3 is 9.47 Å². The lowest BCUT2D eigenvalue weighted by atomic mass is 10.1. The van der Waals surface area contributed by atoms with Gasteiger partial charge >= 0.3 is 11.9 Å². The summed E-state index contributed by atoms with van der Waals surface area (Å²) in [7, 11) is 0. The van der Waals surface area contributed by atoms with Crippen LogP contribution in [0.4, 0.5) is 0 Å². The molecule has 80 valence electrons. The average Bonchev–Trinajstić information content (AvgIpc) is 2.10. The third-order valence-corrected chi connectivity index (χ3v) is 1.62. The number of carbonyl (C=O) groups excluding carboxylic acids is 2. The predicted octanol–water partition coefficient (Wildman–Crippen LogP) is 1.45. The second-order valence-electron chi connectivity index (χ2n) is 2.87. The topological polar surface area (TPSA) is 52.6 Å². The van der Waals surface area contributed by atoms with Crippen LogP contribution in [0.2, 0.25) is 0 Å². The highest BCUT2D eigenvalue weighted by Gasteiger charge is 2.22. The summed E-state index contributed by atoms with van der Waals surface area (Å²) in [6.07, 6.45) is 1.01. The number of esters is 2. The normalized spacial score (nSPS) is 13.9. The maximum atomic E-state index is 10.7. The van der Waals surface area contributed by atoms with Gasteiger partial charge in [0.2, 0.25) is 0 Å². The van der Waals surface area contributed by atoms with Crippen LogP contribution in [0.25, 0.3) is 0 Å². The van der Waals surface area contributed by atoms with Gasteiger partial charge in [-0.2, -0.15) is 0 Å². The molecule has 0 aliphatic rings. The van der Waals surface area contributed by atoms with Crippen LogP contribution in [0.5, 0.6) is 0 Å². The van der Waals surface area contributed by atoms with Crippen molar-refractivity contribution >= 4 is 11.9 Å². The molecule has 0 spiro atoms. The van der Waals surface area contributed by atoms with E-state index < -0.39 is 24.1 Å². The summed E-state index contributed by atoms with van der Waals surface area (Å²) in [6.45, 7) is 7.98. The Morgan fingerprint density at radius 3 is 2.07 bits per heavy atom. The quantitative estimate of drug-likeness (QED) is 0.498. The first-order chi connectivity index (χ1) is 6.51. The molecule has 0 heterocycles. The summed E-state index contributed by atoms with van der Waals surface area (Å²) >= 11 is 0. The fourth-order valence-corrected chi connectivity index (χ4v) is 1.06. The summed E-state index contributed by atoms with van der Waals surface area (Å²) in [5.41, 5.74) is 0. The van der Waals surface area contributed by atoms with Crippen LogP contribution in [-0.4, -0.2) is 24.1 Å². The summed E-state index contributed by atoms with van der Waals surface area (Å²) in [5.74, 6) is -0.809. The molecule has 2 atom stereocenters. The number of carbonyl (C=O) groups is 2. The first kappa shape index (κ1) is 12.7. The number of hydrogen-bond donors (Lipinski definition) is 0. The van der Waals surface area contributed by atoms with Gasteiger partial charge in [-0.15, -0.1) is 0 Å². The first-order valence-electron chi connectivity index (χ1n) is 4.48. The van der Waals surface area contributed by atoms with Gasteiger partial charge in [0.05, 0.1) is 0 Å². The minimum absolute atomic E-state index is 0.393. The lowest BCUT2D eigenvalue weighted by molar-refractivity contribution is -0.161. The van der Waals surface area contributed by atoms with Gasteiger partial charge in [0, 0.05) is 13.8 Å². The van der Waals surface area contributed by atoms with E-state index in [2.05, 4.69) is 6.58 Å². The maximum Gasteiger partial charge on any atom is 0.303 e. The van der Waals surface area contributed by atoms with E-state index in [1.54, 1.807) is 0 Å². The van der Waals surface area contributed by atoms with E-state index in [0.717, 1.165) is 0 Å². The Balaban J connectivity index is 4.35. The van der Waals surface area contributed by atoms with Crippen molar-refractivity contribution in [1.82, 2.24) is 0 Å². The van der Waals surface area contributed by atoms with Gasteiger partial charge in [0.15, 0.2) is 6.10 Å². The lowest BCUT2D eigenvalue weighted by Gasteiger charge is -2.22. The Morgan fingerprint density at radius 1 is 1.29 bits per heavy atom. The SMILES string of the molecule is C=C[C@@H](OC(C)=O)[C@@H](CC)OC(C)=O. The van der Waals surface area contributed by atoms with Gasteiger partial charge in [0.1, 0.15) is 6.10 Å². The van der Waals surface area contributed by atoms with Gasteiger partial charge in [-0.05, 0) is 12.5 Å². The van der Waals surface area contributed by atoms with Crippen LogP contribution >= 0.6 is 0 Å². The van der Waals surface area contributed by atoms with Crippen molar-refractivity contribution in [2.24, 2.45) is 0 Å². The number of ether oxygens (including phenoxy) is 2. The fourth-order valence-electron chi connectivity index (χ4n) is 1.06. The van der Waals surface area contributed by atoms with Gasteiger partial charge in [0.25, 0.3) is 0 Å². The zero-order valence-corrected chi connectivity index (χ0v) is 8.78. The molecule has 0 N–H and O–H groups in total. The smallest absolute Gasteiger partial charge is 0.303 e. The molecule has 0 aromatic carbocycles. The van der Waals surface area contributed by atoms with E-state index in [-0.39, 0.29) is 0 Å². The van der Waals surface area contributed by atoms with Crippen LogP contribution in [0, 0.1) is 0 Å². The van der Waals surface area contributed by atoms with E-state index in [1.807, 2.05) is 6.92 Å². The van der Waals surface area contributed by atoms with Crippen molar-refractivity contribution < 1.29 is 19.1 Å². The molecule has 0 radical (unpaired) electrons. The summed E-state index contributed by atoms with van der Waals surface area (Å²) in [6, 6.07) is 0. The first-order valence-corrected chi connectivity index (χ1v) is 4.48. The monoisotopic (exact) mass is 200 g/mol. The molecular weight excluding hydrogens is 184 g/mol. The van der Waals surface area contributed by atoms with Crippen molar-refractivity contribution in [1.29, 1.82) is 0 Å². The Bertz CT molecular complexity index is 222. The molecule has 4 nitrogen and oxygen atoms in total. The minimum atomic E-state index is -0.568. The lowest BCUT2D eigenvalue weighted by Crippen LogP contribution is -2.32. The Kier molecular flexibility index (Phi) is 5.60. The van der Waals surface area contributed by atoms with E-state index in [0.29, 0.717) is 6.42 Å². The molecule has 0 saturated heterocycles. The summed E-state index contributed by atoms with van der Waals surface area (Å²) in [5, 5.41) is 0. The van der Waals surface area contributed by atoms with Gasteiger partial charge in [-0.25, -0.2) is 0 Å². The van der Waals surface area contributed by atoms with Gasteiger partial charge in [-0.1, -0.05) is 13.5 Å². The van der Waals surface area contributed by atoms with Crippen LogP contribution in [0.15, 0.2) is 12.7 Å². The van der Waals surface area contributed by atoms with E-state index in [1.165, 1.54) is 19.9 Å².